The smallest absolute Gasteiger partial charge is 0.322 e. The van der Waals surface area contributed by atoms with Crippen molar-refractivity contribution in [3.8, 4) is 6.01 Å². The van der Waals surface area contributed by atoms with Crippen LogP contribution < -0.4 is 20.3 Å². The first kappa shape index (κ1) is 16.7. The average molecular weight is 334 g/mol. The maximum Gasteiger partial charge on any atom is 0.322 e. The van der Waals surface area contributed by atoms with Crippen LogP contribution in [0, 0.1) is 5.92 Å². The van der Waals surface area contributed by atoms with Gasteiger partial charge >= 0.3 is 6.01 Å². The number of hydrogen-bond donors (Lipinski definition) is 2. The van der Waals surface area contributed by atoms with Crippen LogP contribution in [0.1, 0.15) is 39.0 Å². The van der Waals surface area contributed by atoms with Crippen LogP contribution in [-0.4, -0.2) is 53.6 Å². The summed E-state index contributed by atoms with van der Waals surface area (Å²) in [6.07, 6.45) is 5.69. The van der Waals surface area contributed by atoms with Crippen LogP contribution in [0.2, 0.25) is 0 Å². The predicted molar refractivity (Wildman–Crippen MR) is 91.3 cm³/mol. The lowest BCUT2D eigenvalue weighted by Crippen LogP contribution is -2.49. The Kier molecular flexibility index (Phi) is 5.32. The molecule has 0 bridgehead atoms. The van der Waals surface area contributed by atoms with Crippen molar-refractivity contribution in [2.75, 3.05) is 37.0 Å². The molecule has 2 saturated heterocycles. The van der Waals surface area contributed by atoms with E-state index in [4.69, 9.17) is 4.74 Å². The molecule has 0 spiro atoms. The molecule has 2 atom stereocenters. The van der Waals surface area contributed by atoms with E-state index in [2.05, 4.69) is 37.4 Å². The van der Waals surface area contributed by atoms with E-state index >= 15 is 0 Å². The van der Waals surface area contributed by atoms with Gasteiger partial charge in [0.1, 0.15) is 6.04 Å². The molecule has 3 rings (SSSR count). The van der Waals surface area contributed by atoms with Crippen molar-refractivity contribution in [2.45, 2.75) is 45.1 Å². The van der Waals surface area contributed by atoms with Crippen molar-refractivity contribution in [1.82, 2.24) is 20.3 Å². The van der Waals surface area contributed by atoms with E-state index in [9.17, 15) is 4.79 Å². The van der Waals surface area contributed by atoms with E-state index in [1.165, 1.54) is 12.8 Å². The SMILES string of the molecule is COc1nc(N[C@@H]2C(=O)NCC[C@H]2C)nc(N2CCCCCC2)n1. The average Bonchev–Trinajstić information content (AvgIpc) is 2.87. The zero-order valence-corrected chi connectivity index (χ0v) is 14.4. The molecule has 0 unspecified atom stereocenters. The van der Waals surface area contributed by atoms with Gasteiger partial charge in [-0.25, -0.2) is 0 Å². The second kappa shape index (κ2) is 7.63. The lowest BCUT2D eigenvalue weighted by Gasteiger charge is -2.29. The Morgan fingerprint density at radius 2 is 1.92 bits per heavy atom. The van der Waals surface area contributed by atoms with Crippen LogP contribution in [0.5, 0.6) is 6.01 Å². The number of rotatable bonds is 4. The van der Waals surface area contributed by atoms with Crippen molar-refractivity contribution in [1.29, 1.82) is 0 Å². The van der Waals surface area contributed by atoms with Crippen molar-refractivity contribution >= 4 is 17.8 Å². The largest absolute Gasteiger partial charge is 0.467 e. The van der Waals surface area contributed by atoms with Crippen LogP contribution in [0.25, 0.3) is 0 Å². The van der Waals surface area contributed by atoms with E-state index in [1.807, 2.05) is 0 Å². The van der Waals surface area contributed by atoms with Gasteiger partial charge < -0.3 is 20.3 Å². The minimum Gasteiger partial charge on any atom is -0.467 e. The zero-order chi connectivity index (χ0) is 16.9. The number of nitrogens with zero attached hydrogens (tertiary/aromatic N) is 4. The van der Waals surface area contributed by atoms with E-state index in [0.29, 0.717) is 11.9 Å². The highest BCUT2D eigenvalue weighted by Crippen LogP contribution is 2.21. The fraction of sp³-hybridized carbons (Fsp3) is 0.750. The molecular formula is C16H26N6O2. The molecular weight excluding hydrogens is 308 g/mol. The van der Waals surface area contributed by atoms with Gasteiger partial charge in [0.2, 0.25) is 17.8 Å². The van der Waals surface area contributed by atoms with E-state index in [-0.39, 0.29) is 23.9 Å². The number of piperidine rings is 1. The Morgan fingerprint density at radius 3 is 2.58 bits per heavy atom. The fourth-order valence-corrected chi connectivity index (χ4v) is 3.22. The Labute approximate surface area is 142 Å². The van der Waals surface area contributed by atoms with Gasteiger partial charge in [-0.1, -0.05) is 19.8 Å². The number of nitrogens with one attached hydrogen (secondary N) is 2. The van der Waals surface area contributed by atoms with Crippen molar-refractivity contribution in [2.24, 2.45) is 5.92 Å². The van der Waals surface area contributed by atoms with Gasteiger partial charge in [0.15, 0.2) is 0 Å². The number of ether oxygens (including phenoxy) is 1. The number of carbonyl (C=O) groups excluding carboxylic acids is 1. The molecule has 24 heavy (non-hydrogen) atoms. The fourth-order valence-electron chi connectivity index (χ4n) is 3.22. The number of carbonyl (C=O) groups is 1. The second-order valence-corrected chi connectivity index (χ2v) is 6.53. The van der Waals surface area contributed by atoms with Crippen molar-refractivity contribution in [3.63, 3.8) is 0 Å². The molecule has 0 saturated carbocycles. The summed E-state index contributed by atoms with van der Waals surface area (Å²) in [6, 6.07) is -0.0570. The van der Waals surface area contributed by atoms with Crippen molar-refractivity contribution < 1.29 is 9.53 Å². The highest BCUT2D eigenvalue weighted by atomic mass is 16.5. The third-order valence-electron chi connectivity index (χ3n) is 4.71. The van der Waals surface area contributed by atoms with Gasteiger partial charge in [-0.3, -0.25) is 4.79 Å². The molecule has 8 heteroatoms. The molecule has 2 aliphatic rings. The third kappa shape index (κ3) is 3.85. The normalized spacial score (nSPS) is 24.9. The molecule has 132 valence electrons. The van der Waals surface area contributed by atoms with Gasteiger partial charge in [0.25, 0.3) is 0 Å². The number of hydrogen-bond acceptors (Lipinski definition) is 7. The second-order valence-electron chi connectivity index (χ2n) is 6.53. The lowest BCUT2D eigenvalue weighted by molar-refractivity contribution is -0.124. The Bertz CT molecular complexity index is 574. The van der Waals surface area contributed by atoms with Gasteiger partial charge in [0.05, 0.1) is 7.11 Å². The molecule has 8 nitrogen and oxygen atoms in total. The predicted octanol–water partition coefficient (Wildman–Crippen LogP) is 1.20. The Hall–Kier alpha value is -2.12. The number of anilines is 2. The van der Waals surface area contributed by atoms with Crippen LogP contribution in [0.4, 0.5) is 11.9 Å². The minimum atomic E-state index is -0.331. The molecule has 0 aliphatic carbocycles. The topological polar surface area (TPSA) is 92.3 Å². The molecule has 2 fully saturated rings. The highest BCUT2D eigenvalue weighted by molar-refractivity contribution is 5.85. The van der Waals surface area contributed by atoms with E-state index in [1.54, 1.807) is 7.11 Å². The Morgan fingerprint density at radius 1 is 1.17 bits per heavy atom. The summed E-state index contributed by atoms with van der Waals surface area (Å²) < 4.78 is 5.23. The van der Waals surface area contributed by atoms with Gasteiger partial charge in [0, 0.05) is 19.6 Å². The summed E-state index contributed by atoms with van der Waals surface area (Å²) in [6.45, 7) is 4.65. The van der Waals surface area contributed by atoms with Crippen LogP contribution in [0.3, 0.4) is 0 Å². The van der Waals surface area contributed by atoms with Gasteiger partial charge in [-0.2, -0.15) is 15.0 Å². The number of methoxy groups -OCH3 is 1. The maximum atomic E-state index is 12.1. The summed E-state index contributed by atoms with van der Waals surface area (Å²) in [4.78, 5) is 27.5. The monoisotopic (exact) mass is 334 g/mol. The van der Waals surface area contributed by atoms with Crippen molar-refractivity contribution in [3.05, 3.63) is 0 Å². The standard InChI is InChI=1S/C16H26N6O2/c1-11-7-8-17-13(23)12(11)18-14-19-15(21-16(20-14)24-2)22-9-5-3-4-6-10-22/h11-12H,3-10H2,1-2H3,(H,17,23)(H,18,19,20,21)/t11-,12+/m1/s1. The molecule has 1 amide bonds. The maximum absolute atomic E-state index is 12.1. The lowest BCUT2D eigenvalue weighted by atomic mass is 9.94. The molecule has 0 aromatic carbocycles. The van der Waals surface area contributed by atoms with Gasteiger partial charge in [-0.15, -0.1) is 0 Å². The molecule has 1 aromatic heterocycles. The molecule has 2 aliphatic heterocycles. The summed E-state index contributed by atoms with van der Waals surface area (Å²) in [5.74, 6) is 1.23. The van der Waals surface area contributed by atoms with Gasteiger partial charge in [-0.05, 0) is 25.2 Å². The third-order valence-corrected chi connectivity index (χ3v) is 4.71. The highest BCUT2D eigenvalue weighted by Gasteiger charge is 2.30. The summed E-state index contributed by atoms with van der Waals surface area (Å²) in [5.41, 5.74) is 0. The van der Waals surface area contributed by atoms with E-state index < -0.39 is 0 Å². The quantitative estimate of drug-likeness (QED) is 0.854. The number of aromatic nitrogens is 3. The molecule has 1 aromatic rings. The molecule has 3 heterocycles. The van der Waals surface area contributed by atoms with Crippen LogP contribution >= 0.6 is 0 Å². The molecule has 2 N–H and O–H groups in total. The van der Waals surface area contributed by atoms with Crippen LogP contribution in [-0.2, 0) is 4.79 Å². The first-order valence-corrected chi connectivity index (χ1v) is 8.76. The number of amides is 1. The summed E-state index contributed by atoms with van der Waals surface area (Å²) >= 11 is 0. The Balaban J connectivity index is 1.81. The van der Waals surface area contributed by atoms with E-state index in [0.717, 1.165) is 38.9 Å². The molecule has 0 radical (unpaired) electrons. The summed E-state index contributed by atoms with van der Waals surface area (Å²) in [7, 11) is 1.54. The summed E-state index contributed by atoms with van der Waals surface area (Å²) in [5, 5.41) is 6.05. The zero-order valence-electron chi connectivity index (χ0n) is 14.4. The first-order valence-electron chi connectivity index (χ1n) is 8.76. The first-order chi connectivity index (χ1) is 11.7. The minimum absolute atomic E-state index is 0.00977. The van der Waals surface area contributed by atoms with Crippen LogP contribution in [0.15, 0.2) is 0 Å².